The van der Waals surface area contributed by atoms with Crippen molar-refractivity contribution < 1.29 is 9.90 Å². The largest absolute Gasteiger partial charge is 0.390 e. The molecule has 0 radical (unpaired) electrons. The summed E-state index contributed by atoms with van der Waals surface area (Å²) in [6.07, 6.45) is 2.37. The molecular formula is C16H22N2O2. The molecule has 1 fully saturated rings. The van der Waals surface area contributed by atoms with Gasteiger partial charge in [-0.3, -0.25) is 0 Å². The van der Waals surface area contributed by atoms with E-state index in [1.54, 1.807) is 0 Å². The molecule has 3 unspecified atom stereocenters. The first-order valence-corrected chi connectivity index (χ1v) is 7.46. The second-order valence-electron chi connectivity index (χ2n) is 6.09. The Kier molecular flexibility index (Phi) is 3.66. The van der Waals surface area contributed by atoms with Crippen LogP contribution in [-0.2, 0) is 6.42 Å². The van der Waals surface area contributed by atoms with Gasteiger partial charge in [-0.25, -0.2) is 4.79 Å². The molecule has 2 aliphatic rings. The molecule has 1 aromatic carbocycles. The van der Waals surface area contributed by atoms with E-state index >= 15 is 0 Å². The molecule has 108 valence electrons. The van der Waals surface area contributed by atoms with Gasteiger partial charge in [0.25, 0.3) is 0 Å². The number of carbonyl (C=O) groups excluding carboxylic acids is 1. The van der Waals surface area contributed by atoms with Crippen molar-refractivity contribution in [3.8, 4) is 0 Å². The van der Waals surface area contributed by atoms with Crippen LogP contribution in [-0.4, -0.2) is 35.2 Å². The first kappa shape index (κ1) is 13.4. The fraction of sp³-hybridized carbons (Fsp3) is 0.562. The van der Waals surface area contributed by atoms with Crippen molar-refractivity contribution in [1.29, 1.82) is 0 Å². The Bertz CT molecular complexity index is 503. The van der Waals surface area contributed by atoms with Crippen LogP contribution < -0.4 is 5.32 Å². The number of fused-ring (bicyclic) bond motifs is 1. The second-order valence-corrected chi connectivity index (χ2v) is 6.09. The van der Waals surface area contributed by atoms with Gasteiger partial charge in [-0.15, -0.1) is 0 Å². The van der Waals surface area contributed by atoms with Gasteiger partial charge in [0, 0.05) is 19.5 Å². The Balaban J connectivity index is 1.70. The molecule has 2 amide bonds. The molecule has 0 spiro atoms. The number of likely N-dealkylation sites (tertiary alicyclic amines) is 1. The Morgan fingerprint density at radius 3 is 3.00 bits per heavy atom. The number of urea groups is 1. The van der Waals surface area contributed by atoms with E-state index in [2.05, 4.69) is 12.2 Å². The molecular weight excluding hydrogens is 252 g/mol. The summed E-state index contributed by atoms with van der Waals surface area (Å²) in [5.74, 6) is 0.565. The van der Waals surface area contributed by atoms with Gasteiger partial charge < -0.3 is 15.3 Å². The maximum absolute atomic E-state index is 12.4. The molecule has 0 aromatic heterocycles. The molecule has 1 aliphatic heterocycles. The van der Waals surface area contributed by atoms with Gasteiger partial charge in [0.2, 0.25) is 0 Å². The van der Waals surface area contributed by atoms with Gasteiger partial charge in [-0.05, 0) is 29.9 Å². The molecule has 1 saturated heterocycles. The predicted molar refractivity (Wildman–Crippen MR) is 77.4 cm³/mol. The van der Waals surface area contributed by atoms with Crippen molar-refractivity contribution in [3.63, 3.8) is 0 Å². The first-order chi connectivity index (χ1) is 9.65. The van der Waals surface area contributed by atoms with Gasteiger partial charge in [-0.2, -0.15) is 0 Å². The van der Waals surface area contributed by atoms with Crippen molar-refractivity contribution in [2.24, 2.45) is 5.92 Å². The van der Waals surface area contributed by atoms with E-state index in [9.17, 15) is 9.90 Å². The summed E-state index contributed by atoms with van der Waals surface area (Å²) in [5, 5.41) is 13.2. The van der Waals surface area contributed by atoms with Gasteiger partial charge in [0.05, 0.1) is 12.1 Å². The topological polar surface area (TPSA) is 52.6 Å². The van der Waals surface area contributed by atoms with E-state index in [1.165, 1.54) is 6.42 Å². The quantitative estimate of drug-likeness (QED) is 0.824. The highest BCUT2D eigenvalue weighted by molar-refractivity contribution is 5.75. The van der Waals surface area contributed by atoms with E-state index < -0.39 is 6.10 Å². The number of hydrogen-bond acceptors (Lipinski definition) is 2. The molecule has 4 nitrogen and oxygen atoms in total. The zero-order valence-corrected chi connectivity index (χ0v) is 11.9. The highest BCUT2D eigenvalue weighted by Gasteiger charge is 2.33. The standard InChI is InChI=1S/C16H22N2O2/c1-11-5-4-8-18(10-11)16(20)17-15-13-7-3-2-6-12(13)9-14(15)19/h2-3,6-7,11,14-15,19H,4-5,8-10H2,1H3,(H,17,20). The predicted octanol–water partition coefficient (Wildman–Crippen LogP) is 2.09. The van der Waals surface area contributed by atoms with Crippen molar-refractivity contribution >= 4 is 6.03 Å². The average Bonchev–Trinajstić information content (AvgIpc) is 2.75. The van der Waals surface area contributed by atoms with E-state index in [-0.39, 0.29) is 12.1 Å². The maximum atomic E-state index is 12.4. The Hall–Kier alpha value is -1.55. The smallest absolute Gasteiger partial charge is 0.317 e. The van der Waals surface area contributed by atoms with Crippen molar-refractivity contribution in [3.05, 3.63) is 35.4 Å². The zero-order valence-electron chi connectivity index (χ0n) is 11.9. The van der Waals surface area contributed by atoms with Crippen LogP contribution in [0.2, 0.25) is 0 Å². The summed E-state index contributed by atoms with van der Waals surface area (Å²) < 4.78 is 0. The lowest BCUT2D eigenvalue weighted by Crippen LogP contribution is -2.47. The third-order valence-electron chi connectivity index (χ3n) is 4.43. The van der Waals surface area contributed by atoms with Gasteiger partial charge in [-0.1, -0.05) is 31.2 Å². The number of rotatable bonds is 1. The van der Waals surface area contributed by atoms with Crippen LogP contribution in [0.5, 0.6) is 0 Å². The molecule has 0 bridgehead atoms. The lowest BCUT2D eigenvalue weighted by molar-refractivity contribution is 0.127. The summed E-state index contributed by atoms with van der Waals surface area (Å²) in [5.41, 5.74) is 2.19. The van der Waals surface area contributed by atoms with Crippen molar-refractivity contribution in [2.75, 3.05) is 13.1 Å². The van der Waals surface area contributed by atoms with Crippen LogP contribution in [0.15, 0.2) is 24.3 Å². The molecule has 3 rings (SSSR count). The number of amides is 2. The van der Waals surface area contributed by atoms with Crippen LogP contribution in [0.4, 0.5) is 4.79 Å². The van der Waals surface area contributed by atoms with Crippen LogP contribution in [0.3, 0.4) is 0 Å². The SMILES string of the molecule is CC1CCCN(C(=O)NC2c3ccccc3CC2O)C1. The molecule has 20 heavy (non-hydrogen) atoms. The number of piperidine rings is 1. The Labute approximate surface area is 119 Å². The molecule has 3 atom stereocenters. The molecule has 1 aliphatic carbocycles. The van der Waals surface area contributed by atoms with Crippen LogP contribution in [0.25, 0.3) is 0 Å². The fourth-order valence-electron chi connectivity index (χ4n) is 3.35. The minimum atomic E-state index is -0.515. The lowest BCUT2D eigenvalue weighted by Gasteiger charge is -2.32. The summed E-state index contributed by atoms with van der Waals surface area (Å²) in [6.45, 7) is 3.82. The summed E-state index contributed by atoms with van der Waals surface area (Å²) in [7, 11) is 0. The van der Waals surface area contributed by atoms with Crippen LogP contribution >= 0.6 is 0 Å². The number of benzene rings is 1. The normalized spacial score (nSPS) is 29.1. The monoisotopic (exact) mass is 274 g/mol. The molecule has 0 saturated carbocycles. The number of aliphatic hydroxyl groups is 1. The summed E-state index contributed by atoms with van der Waals surface area (Å²) in [6, 6.07) is 7.64. The van der Waals surface area contributed by atoms with E-state index in [0.717, 1.165) is 30.6 Å². The second kappa shape index (κ2) is 5.44. The number of carbonyl (C=O) groups is 1. The minimum absolute atomic E-state index is 0.0442. The number of nitrogens with zero attached hydrogens (tertiary/aromatic N) is 1. The number of hydrogen-bond donors (Lipinski definition) is 2. The highest BCUT2D eigenvalue weighted by Crippen LogP contribution is 2.31. The first-order valence-electron chi connectivity index (χ1n) is 7.46. The molecule has 4 heteroatoms. The third-order valence-corrected chi connectivity index (χ3v) is 4.43. The van der Waals surface area contributed by atoms with Gasteiger partial charge >= 0.3 is 6.03 Å². The Morgan fingerprint density at radius 2 is 2.20 bits per heavy atom. The van der Waals surface area contributed by atoms with Gasteiger partial charge in [0.1, 0.15) is 0 Å². The van der Waals surface area contributed by atoms with Crippen molar-refractivity contribution in [2.45, 2.75) is 38.3 Å². The van der Waals surface area contributed by atoms with Gasteiger partial charge in [0.15, 0.2) is 0 Å². The summed E-state index contributed by atoms with van der Waals surface area (Å²) >= 11 is 0. The minimum Gasteiger partial charge on any atom is -0.390 e. The zero-order chi connectivity index (χ0) is 14.1. The maximum Gasteiger partial charge on any atom is 0.317 e. The van der Waals surface area contributed by atoms with Crippen LogP contribution in [0, 0.1) is 5.92 Å². The highest BCUT2D eigenvalue weighted by atomic mass is 16.3. The average molecular weight is 274 g/mol. The van der Waals surface area contributed by atoms with Crippen LogP contribution in [0.1, 0.15) is 36.9 Å². The molecule has 1 aromatic rings. The number of nitrogens with one attached hydrogen (secondary N) is 1. The van der Waals surface area contributed by atoms with Crippen molar-refractivity contribution in [1.82, 2.24) is 10.2 Å². The lowest BCUT2D eigenvalue weighted by atomic mass is 10.0. The number of aliphatic hydroxyl groups excluding tert-OH is 1. The van der Waals surface area contributed by atoms with E-state index in [0.29, 0.717) is 12.3 Å². The fourth-order valence-corrected chi connectivity index (χ4v) is 3.35. The molecule has 2 N–H and O–H groups in total. The third kappa shape index (κ3) is 2.52. The van der Waals surface area contributed by atoms with E-state index in [1.807, 2.05) is 29.2 Å². The van der Waals surface area contributed by atoms with E-state index in [4.69, 9.17) is 0 Å². The summed E-state index contributed by atoms with van der Waals surface area (Å²) in [4.78, 5) is 14.2. The molecule has 1 heterocycles. The Morgan fingerprint density at radius 1 is 1.40 bits per heavy atom.